The van der Waals surface area contributed by atoms with E-state index in [0.717, 1.165) is 0 Å². The van der Waals surface area contributed by atoms with Gasteiger partial charge in [0.2, 0.25) is 17.8 Å². The van der Waals surface area contributed by atoms with Gasteiger partial charge < -0.3 is 25.5 Å². The van der Waals surface area contributed by atoms with Crippen LogP contribution in [0, 0.1) is 5.95 Å². The zero-order chi connectivity index (χ0) is 19.3. The Labute approximate surface area is 150 Å². The lowest BCUT2D eigenvalue weighted by Gasteiger charge is -2.45. The summed E-state index contributed by atoms with van der Waals surface area (Å²) in [6.45, 7) is 1.11. The molecule has 0 saturated carbocycles. The molecule has 9 heteroatoms. The average molecular weight is 369 g/mol. The molecule has 2 rings (SSSR count). The quantitative estimate of drug-likeness (QED) is 0.476. The van der Waals surface area contributed by atoms with Gasteiger partial charge in [0.05, 0.1) is 18.7 Å². The number of aromatic nitrogens is 1. The molecular weight excluding hydrogens is 345 g/mol. The molecule has 2 amide bonds. The van der Waals surface area contributed by atoms with Crippen LogP contribution in [-0.2, 0) is 16.0 Å². The zero-order valence-corrected chi connectivity index (χ0v) is 14.5. The normalized spacial score (nSPS) is 25.8. The number of nitrogens with zero attached hydrogens (tertiary/aromatic N) is 2. The molecule has 0 bridgehead atoms. The van der Waals surface area contributed by atoms with Crippen LogP contribution < -0.4 is 5.32 Å². The van der Waals surface area contributed by atoms with Crippen molar-refractivity contribution in [2.75, 3.05) is 13.2 Å². The maximum Gasteiger partial charge on any atom is 0.223 e. The fraction of sp³-hybridized carbons (Fsp3) is 0.588. The Hall–Kier alpha value is -2.10. The SMILES string of the molecule is CCC(=O)N[C@H]1CN(C(=O)CCc2ccc(F)nc2)[C@H](CO)[C@@H](O)[C@@H]1O. The van der Waals surface area contributed by atoms with Gasteiger partial charge in [0, 0.05) is 25.6 Å². The number of piperidine rings is 1. The van der Waals surface area contributed by atoms with Crippen LogP contribution >= 0.6 is 0 Å². The second kappa shape index (κ2) is 9.02. The minimum atomic E-state index is -1.38. The fourth-order valence-corrected chi connectivity index (χ4v) is 2.99. The summed E-state index contributed by atoms with van der Waals surface area (Å²) in [6.07, 6.45) is -0.758. The summed E-state index contributed by atoms with van der Waals surface area (Å²) in [5.41, 5.74) is 0.675. The van der Waals surface area contributed by atoms with E-state index in [-0.39, 0.29) is 31.2 Å². The monoisotopic (exact) mass is 369 g/mol. The number of halogens is 1. The lowest BCUT2D eigenvalue weighted by molar-refractivity contribution is -0.153. The van der Waals surface area contributed by atoms with Crippen molar-refractivity contribution in [3.63, 3.8) is 0 Å². The third-order valence-electron chi connectivity index (χ3n) is 4.54. The van der Waals surface area contributed by atoms with Crippen molar-refractivity contribution >= 4 is 11.8 Å². The van der Waals surface area contributed by atoms with Crippen LogP contribution in [0.1, 0.15) is 25.3 Å². The number of pyridine rings is 1. The first-order chi connectivity index (χ1) is 12.4. The van der Waals surface area contributed by atoms with Gasteiger partial charge in [-0.15, -0.1) is 0 Å². The summed E-state index contributed by atoms with van der Waals surface area (Å²) in [7, 11) is 0. The maximum atomic E-state index is 12.8. The van der Waals surface area contributed by atoms with Crippen molar-refractivity contribution in [3.05, 3.63) is 29.8 Å². The Morgan fingerprint density at radius 2 is 2.08 bits per heavy atom. The first-order valence-electron chi connectivity index (χ1n) is 8.53. The fourth-order valence-electron chi connectivity index (χ4n) is 2.99. The van der Waals surface area contributed by atoms with Crippen LogP contribution in [0.25, 0.3) is 0 Å². The molecule has 0 radical (unpaired) electrons. The average Bonchev–Trinajstić information content (AvgIpc) is 2.64. The summed E-state index contributed by atoms with van der Waals surface area (Å²) < 4.78 is 12.8. The Morgan fingerprint density at radius 3 is 2.65 bits per heavy atom. The highest BCUT2D eigenvalue weighted by atomic mass is 19.1. The van der Waals surface area contributed by atoms with Crippen LogP contribution in [-0.4, -0.2) is 74.5 Å². The lowest BCUT2D eigenvalue weighted by Crippen LogP contribution is -2.67. The van der Waals surface area contributed by atoms with Gasteiger partial charge in [-0.05, 0) is 18.1 Å². The van der Waals surface area contributed by atoms with Gasteiger partial charge in [-0.1, -0.05) is 13.0 Å². The van der Waals surface area contributed by atoms with Gasteiger partial charge in [-0.25, -0.2) is 4.98 Å². The number of amides is 2. The third-order valence-corrected chi connectivity index (χ3v) is 4.54. The van der Waals surface area contributed by atoms with Crippen molar-refractivity contribution in [2.45, 2.75) is 50.5 Å². The van der Waals surface area contributed by atoms with E-state index >= 15 is 0 Å². The highest BCUT2D eigenvalue weighted by Crippen LogP contribution is 2.20. The number of hydrogen-bond donors (Lipinski definition) is 4. The molecule has 144 valence electrons. The first-order valence-corrected chi connectivity index (χ1v) is 8.53. The minimum absolute atomic E-state index is 0.0182. The standard InChI is InChI=1S/C17H24FN3O5/c1-2-14(23)20-11-8-21(12(9-22)17(26)16(11)25)15(24)6-4-10-3-5-13(18)19-7-10/h3,5,7,11-12,16-17,22,25-26H,2,4,6,8-9H2,1H3,(H,20,23)/t11-,12+,16+,17+/m0/s1. The van der Waals surface area contributed by atoms with Crippen LogP contribution in [0.2, 0.25) is 0 Å². The molecule has 0 aromatic carbocycles. The highest BCUT2D eigenvalue weighted by molar-refractivity contribution is 5.78. The van der Waals surface area contributed by atoms with E-state index in [0.29, 0.717) is 12.0 Å². The second-order valence-electron chi connectivity index (χ2n) is 6.29. The molecule has 4 atom stereocenters. The highest BCUT2D eigenvalue weighted by Gasteiger charge is 2.43. The van der Waals surface area contributed by atoms with Crippen LogP contribution in [0.15, 0.2) is 18.3 Å². The molecule has 2 heterocycles. The molecule has 4 N–H and O–H groups in total. The molecule has 0 spiro atoms. The number of aliphatic hydroxyl groups is 3. The zero-order valence-electron chi connectivity index (χ0n) is 14.5. The number of carbonyl (C=O) groups excluding carboxylic acids is 2. The molecule has 1 fully saturated rings. The van der Waals surface area contributed by atoms with Crippen molar-refractivity contribution in [1.82, 2.24) is 15.2 Å². The molecule has 26 heavy (non-hydrogen) atoms. The van der Waals surface area contributed by atoms with E-state index in [4.69, 9.17) is 0 Å². The van der Waals surface area contributed by atoms with E-state index in [1.54, 1.807) is 6.92 Å². The van der Waals surface area contributed by atoms with E-state index in [2.05, 4.69) is 10.3 Å². The predicted octanol–water partition coefficient (Wildman–Crippen LogP) is -1.03. The Balaban J connectivity index is 2.06. The molecule has 0 aliphatic carbocycles. The van der Waals surface area contributed by atoms with Crippen LogP contribution in [0.4, 0.5) is 4.39 Å². The second-order valence-corrected chi connectivity index (χ2v) is 6.29. The van der Waals surface area contributed by atoms with E-state index in [1.807, 2.05) is 0 Å². The van der Waals surface area contributed by atoms with Crippen molar-refractivity contribution in [2.24, 2.45) is 0 Å². The molecule has 1 aromatic heterocycles. The molecule has 8 nitrogen and oxygen atoms in total. The summed E-state index contributed by atoms with van der Waals surface area (Å²) in [5, 5.41) is 32.5. The van der Waals surface area contributed by atoms with Crippen molar-refractivity contribution in [3.8, 4) is 0 Å². The summed E-state index contributed by atoms with van der Waals surface area (Å²) in [5.74, 6) is -1.27. The van der Waals surface area contributed by atoms with Gasteiger partial charge in [0.15, 0.2) is 0 Å². The lowest BCUT2D eigenvalue weighted by atomic mass is 9.91. The Kier molecular flexibility index (Phi) is 7.01. The number of aliphatic hydroxyl groups excluding tert-OH is 3. The molecular formula is C17H24FN3O5. The van der Waals surface area contributed by atoms with Gasteiger partial charge in [-0.3, -0.25) is 9.59 Å². The third kappa shape index (κ3) is 4.75. The number of hydrogen-bond acceptors (Lipinski definition) is 6. The Morgan fingerprint density at radius 1 is 1.35 bits per heavy atom. The molecule has 1 aromatic rings. The van der Waals surface area contributed by atoms with Crippen LogP contribution in [0.3, 0.4) is 0 Å². The first kappa shape index (κ1) is 20.2. The van der Waals surface area contributed by atoms with Crippen molar-refractivity contribution < 1.29 is 29.3 Å². The summed E-state index contributed by atoms with van der Waals surface area (Å²) in [4.78, 5) is 29.0. The topological polar surface area (TPSA) is 123 Å². The van der Waals surface area contributed by atoms with E-state index in [1.165, 1.54) is 23.2 Å². The van der Waals surface area contributed by atoms with E-state index < -0.39 is 36.8 Å². The molecule has 1 saturated heterocycles. The van der Waals surface area contributed by atoms with Crippen LogP contribution in [0.5, 0.6) is 0 Å². The molecule has 1 aliphatic heterocycles. The van der Waals surface area contributed by atoms with Gasteiger partial charge in [0.1, 0.15) is 12.2 Å². The predicted molar refractivity (Wildman–Crippen MR) is 89.3 cm³/mol. The number of carbonyl (C=O) groups is 2. The summed E-state index contributed by atoms with van der Waals surface area (Å²) >= 11 is 0. The number of likely N-dealkylation sites (tertiary alicyclic amines) is 1. The van der Waals surface area contributed by atoms with Crippen molar-refractivity contribution in [1.29, 1.82) is 0 Å². The molecule has 1 aliphatic rings. The Bertz CT molecular complexity index is 627. The number of nitrogens with one attached hydrogen (secondary N) is 1. The number of aryl methyl sites for hydroxylation is 1. The molecule has 0 unspecified atom stereocenters. The van der Waals surface area contributed by atoms with E-state index in [9.17, 15) is 29.3 Å². The number of rotatable bonds is 6. The van der Waals surface area contributed by atoms with Gasteiger partial charge in [-0.2, -0.15) is 4.39 Å². The summed E-state index contributed by atoms with van der Waals surface area (Å²) in [6, 6.07) is 0.946. The van der Waals surface area contributed by atoms with Gasteiger partial charge in [0.25, 0.3) is 0 Å². The largest absolute Gasteiger partial charge is 0.394 e. The maximum absolute atomic E-state index is 12.8. The minimum Gasteiger partial charge on any atom is -0.394 e. The van der Waals surface area contributed by atoms with Gasteiger partial charge >= 0.3 is 0 Å². The smallest absolute Gasteiger partial charge is 0.223 e.